The van der Waals surface area contributed by atoms with E-state index in [0.717, 1.165) is 6.42 Å². The van der Waals surface area contributed by atoms with Gasteiger partial charge in [-0.3, -0.25) is 4.68 Å². The first-order chi connectivity index (χ1) is 9.94. The molecule has 0 radical (unpaired) electrons. The van der Waals surface area contributed by atoms with Crippen LogP contribution in [0.1, 0.15) is 25.2 Å². The second-order valence-electron chi connectivity index (χ2n) is 4.72. The maximum absolute atomic E-state index is 12.3. The van der Waals surface area contributed by atoms with E-state index in [1.807, 2.05) is 0 Å². The Balaban J connectivity index is 2.11. The molecule has 0 amide bonds. The van der Waals surface area contributed by atoms with Gasteiger partial charge < -0.3 is 10.3 Å². The zero-order chi connectivity index (χ0) is 15.5. The van der Waals surface area contributed by atoms with Gasteiger partial charge in [0, 0.05) is 19.8 Å². The fraction of sp³-hybridized carbons (Fsp3) is 0.545. The van der Waals surface area contributed by atoms with Crippen molar-refractivity contribution >= 4 is 10.0 Å². The van der Waals surface area contributed by atoms with Gasteiger partial charge in [0.2, 0.25) is 10.0 Å². The van der Waals surface area contributed by atoms with Gasteiger partial charge in [0.15, 0.2) is 0 Å². The minimum absolute atomic E-state index is 0.119. The number of hydrogen-bond acceptors (Lipinski definition) is 6. The molecule has 3 N–H and O–H groups in total. The third-order valence-corrected chi connectivity index (χ3v) is 4.47. The highest BCUT2D eigenvalue weighted by Gasteiger charge is 2.22. The van der Waals surface area contributed by atoms with Crippen LogP contribution in [-0.2, 0) is 23.6 Å². The van der Waals surface area contributed by atoms with E-state index in [1.54, 1.807) is 23.2 Å². The molecule has 1 unspecified atom stereocenters. The molecule has 0 spiro atoms. The molecule has 2 rings (SSSR count). The Morgan fingerprint density at radius 1 is 1.48 bits per heavy atom. The highest BCUT2D eigenvalue weighted by molar-refractivity contribution is 7.89. The average Bonchev–Trinajstić information content (AvgIpc) is 3.04. The topological polar surface area (TPSA) is 121 Å². The number of aromatic nitrogens is 5. The third kappa shape index (κ3) is 3.65. The van der Waals surface area contributed by atoms with E-state index in [4.69, 9.17) is 5.73 Å². The monoisotopic (exact) mass is 313 g/mol. The Morgan fingerprint density at radius 2 is 2.24 bits per heavy atom. The predicted octanol–water partition coefficient (Wildman–Crippen LogP) is -0.600. The third-order valence-electron chi connectivity index (χ3n) is 2.98. The van der Waals surface area contributed by atoms with Crippen LogP contribution in [-0.4, -0.2) is 39.5 Å². The molecule has 0 bridgehead atoms. The van der Waals surface area contributed by atoms with Crippen molar-refractivity contribution in [3.8, 4) is 0 Å². The second kappa shape index (κ2) is 6.33. The molecular formula is C11H19N7O2S. The quantitative estimate of drug-likeness (QED) is 0.704. The molecule has 2 heterocycles. The molecule has 2 aromatic heterocycles. The maximum atomic E-state index is 12.3. The summed E-state index contributed by atoms with van der Waals surface area (Å²) in [5.41, 5.74) is 5.42. The first-order valence-electron chi connectivity index (χ1n) is 6.53. The summed E-state index contributed by atoms with van der Waals surface area (Å²) in [6, 6.07) is -0.491. The van der Waals surface area contributed by atoms with E-state index in [-0.39, 0.29) is 4.90 Å². The Morgan fingerprint density at radius 3 is 2.86 bits per heavy atom. The van der Waals surface area contributed by atoms with Crippen LogP contribution >= 0.6 is 0 Å². The van der Waals surface area contributed by atoms with Gasteiger partial charge in [0.05, 0.1) is 12.2 Å². The highest BCUT2D eigenvalue weighted by Crippen LogP contribution is 2.14. The summed E-state index contributed by atoms with van der Waals surface area (Å²) < 4.78 is 30.4. The van der Waals surface area contributed by atoms with Crippen LogP contribution in [0.15, 0.2) is 23.6 Å². The van der Waals surface area contributed by atoms with Gasteiger partial charge in [-0.25, -0.2) is 13.1 Å². The predicted molar refractivity (Wildman–Crippen MR) is 75.6 cm³/mol. The number of nitrogens with zero attached hydrogens (tertiary/aromatic N) is 5. The minimum atomic E-state index is -3.65. The fourth-order valence-corrected chi connectivity index (χ4v) is 3.05. The highest BCUT2D eigenvalue weighted by atomic mass is 32.2. The zero-order valence-corrected chi connectivity index (χ0v) is 12.8. The second-order valence-corrected chi connectivity index (χ2v) is 6.44. The van der Waals surface area contributed by atoms with Crippen LogP contribution in [0.4, 0.5) is 0 Å². The van der Waals surface area contributed by atoms with Crippen molar-refractivity contribution in [2.75, 3.05) is 6.54 Å². The molecule has 2 aromatic rings. The number of rotatable bonds is 7. The Kier molecular flexibility index (Phi) is 4.70. The lowest BCUT2D eigenvalue weighted by Crippen LogP contribution is -2.28. The molecule has 0 saturated heterocycles. The molecule has 0 aliphatic heterocycles. The van der Waals surface area contributed by atoms with Crippen LogP contribution in [0.2, 0.25) is 0 Å². The van der Waals surface area contributed by atoms with Crippen molar-refractivity contribution in [3.63, 3.8) is 0 Å². The van der Waals surface area contributed by atoms with Crippen molar-refractivity contribution < 1.29 is 8.42 Å². The van der Waals surface area contributed by atoms with Crippen LogP contribution in [0.5, 0.6) is 0 Å². The Hall–Kier alpha value is -1.78. The van der Waals surface area contributed by atoms with Crippen LogP contribution < -0.4 is 10.5 Å². The molecule has 0 saturated carbocycles. The summed E-state index contributed by atoms with van der Waals surface area (Å²) in [7, 11) is -1.90. The molecule has 0 aliphatic carbocycles. The summed E-state index contributed by atoms with van der Waals surface area (Å²) in [6.07, 6.45) is 5.07. The number of sulfonamides is 1. The van der Waals surface area contributed by atoms with E-state index in [9.17, 15) is 8.42 Å². The van der Waals surface area contributed by atoms with E-state index in [1.165, 1.54) is 18.7 Å². The lowest BCUT2D eigenvalue weighted by molar-refractivity contribution is 0.552. The smallest absolute Gasteiger partial charge is 0.244 e. The van der Waals surface area contributed by atoms with Crippen molar-refractivity contribution in [3.05, 3.63) is 24.5 Å². The van der Waals surface area contributed by atoms with E-state index in [0.29, 0.717) is 18.9 Å². The number of nitrogens with two attached hydrogens (primary N) is 1. The zero-order valence-electron chi connectivity index (χ0n) is 12.0. The normalized spacial score (nSPS) is 13.5. The minimum Gasteiger partial charge on any atom is -0.330 e. The SMILES string of the molecule is CC(NS(=O)(=O)c1cnn(CCCN)c1)c1nncn1C. The van der Waals surface area contributed by atoms with E-state index < -0.39 is 16.1 Å². The standard InChI is InChI=1S/C11H19N7O2S/c1-9(11-15-13-8-17(11)2)16-21(19,20)10-6-14-18(7-10)5-3-4-12/h6-9,16H,3-5,12H2,1-2H3. The van der Waals surface area contributed by atoms with Crippen molar-refractivity contribution in [1.82, 2.24) is 29.3 Å². The summed E-state index contributed by atoms with van der Waals surface area (Å²) in [5, 5.41) is 11.6. The van der Waals surface area contributed by atoms with Gasteiger partial charge >= 0.3 is 0 Å². The van der Waals surface area contributed by atoms with Gasteiger partial charge in [0.25, 0.3) is 0 Å². The van der Waals surface area contributed by atoms with E-state index in [2.05, 4.69) is 20.0 Å². The summed E-state index contributed by atoms with van der Waals surface area (Å²) >= 11 is 0. The first kappa shape index (κ1) is 15.6. The van der Waals surface area contributed by atoms with Crippen molar-refractivity contribution in [1.29, 1.82) is 0 Å². The number of nitrogens with one attached hydrogen (secondary N) is 1. The maximum Gasteiger partial charge on any atom is 0.244 e. The lowest BCUT2D eigenvalue weighted by atomic mass is 10.3. The van der Waals surface area contributed by atoms with Gasteiger partial charge in [-0.05, 0) is 19.9 Å². The van der Waals surface area contributed by atoms with E-state index >= 15 is 0 Å². The molecule has 21 heavy (non-hydrogen) atoms. The van der Waals surface area contributed by atoms with Gasteiger partial charge in [-0.15, -0.1) is 10.2 Å². The summed E-state index contributed by atoms with van der Waals surface area (Å²) in [5.74, 6) is 0.536. The molecule has 0 fully saturated rings. The van der Waals surface area contributed by atoms with Gasteiger partial charge in [0.1, 0.15) is 17.0 Å². The summed E-state index contributed by atoms with van der Waals surface area (Å²) in [6.45, 7) is 2.83. The van der Waals surface area contributed by atoms with Crippen LogP contribution in [0.25, 0.3) is 0 Å². The number of hydrogen-bond donors (Lipinski definition) is 2. The molecule has 0 aromatic carbocycles. The molecule has 10 heteroatoms. The van der Waals surface area contributed by atoms with Crippen molar-refractivity contribution in [2.24, 2.45) is 12.8 Å². The van der Waals surface area contributed by atoms with Gasteiger partial charge in [-0.1, -0.05) is 0 Å². The van der Waals surface area contributed by atoms with Crippen LogP contribution in [0.3, 0.4) is 0 Å². The molecule has 9 nitrogen and oxygen atoms in total. The molecule has 0 aliphatic rings. The first-order valence-corrected chi connectivity index (χ1v) is 8.01. The van der Waals surface area contributed by atoms with Crippen molar-refractivity contribution in [2.45, 2.75) is 30.8 Å². The lowest BCUT2D eigenvalue weighted by Gasteiger charge is -2.12. The summed E-state index contributed by atoms with van der Waals surface area (Å²) in [4.78, 5) is 0.119. The largest absolute Gasteiger partial charge is 0.330 e. The average molecular weight is 313 g/mol. The van der Waals surface area contributed by atoms with Crippen LogP contribution in [0, 0.1) is 0 Å². The molecule has 116 valence electrons. The number of aryl methyl sites for hydroxylation is 2. The fourth-order valence-electron chi connectivity index (χ4n) is 1.90. The Bertz CT molecular complexity index is 691. The van der Waals surface area contributed by atoms with Gasteiger partial charge in [-0.2, -0.15) is 5.10 Å². The molecular weight excluding hydrogens is 294 g/mol. The Labute approximate surface area is 123 Å². The molecule has 1 atom stereocenters.